The van der Waals surface area contributed by atoms with Gasteiger partial charge in [0.2, 0.25) is 5.91 Å². The molecule has 0 bridgehead atoms. The van der Waals surface area contributed by atoms with Crippen LogP contribution in [0.15, 0.2) is 30.3 Å². The molecule has 0 radical (unpaired) electrons. The van der Waals surface area contributed by atoms with Gasteiger partial charge in [-0.2, -0.15) is 0 Å². The predicted octanol–water partition coefficient (Wildman–Crippen LogP) is 3.28. The van der Waals surface area contributed by atoms with E-state index in [4.69, 9.17) is 14.2 Å². The summed E-state index contributed by atoms with van der Waals surface area (Å²) >= 11 is 0. The van der Waals surface area contributed by atoms with E-state index < -0.39 is 0 Å². The largest absolute Gasteiger partial charge is 0.493 e. The summed E-state index contributed by atoms with van der Waals surface area (Å²) in [4.78, 5) is 45.4. The summed E-state index contributed by atoms with van der Waals surface area (Å²) in [5.74, 6) is 1.04. The van der Waals surface area contributed by atoms with Crippen molar-refractivity contribution in [3.63, 3.8) is 0 Å². The van der Waals surface area contributed by atoms with Crippen LogP contribution in [0.4, 0.5) is 5.69 Å². The van der Waals surface area contributed by atoms with E-state index in [1.807, 2.05) is 29.2 Å². The zero-order valence-electron chi connectivity index (χ0n) is 22.6. The summed E-state index contributed by atoms with van der Waals surface area (Å²) in [6, 6.07) is 9.50. The molecule has 9 heteroatoms. The first kappa shape index (κ1) is 25.7. The number of hydrogen-bond donors (Lipinski definition) is 0. The average Bonchev–Trinajstić information content (AvgIpc) is 3.58. The molecule has 0 unspecified atom stereocenters. The Kier molecular flexibility index (Phi) is 6.93. The van der Waals surface area contributed by atoms with Crippen LogP contribution in [0.2, 0.25) is 0 Å². The lowest BCUT2D eigenvalue weighted by Crippen LogP contribution is -2.44. The Morgan fingerprint density at radius 2 is 1.72 bits per heavy atom. The van der Waals surface area contributed by atoms with Gasteiger partial charge in [-0.1, -0.05) is 6.07 Å². The monoisotopic (exact) mass is 533 g/mol. The topological polar surface area (TPSA) is 88.6 Å². The Labute approximate surface area is 228 Å². The van der Waals surface area contributed by atoms with Gasteiger partial charge < -0.3 is 24.0 Å². The molecule has 6 rings (SSSR count). The molecule has 0 aliphatic carbocycles. The van der Waals surface area contributed by atoms with E-state index >= 15 is 0 Å². The maximum atomic E-state index is 13.5. The molecule has 39 heavy (non-hydrogen) atoms. The number of benzene rings is 2. The number of rotatable bonds is 6. The summed E-state index contributed by atoms with van der Waals surface area (Å²) in [5, 5.41) is 0. The first-order valence-corrected chi connectivity index (χ1v) is 13.9. The molecular weight excluding hydrogens is 498 g/mol. The number of anilines is 1. The van der Waals surface area contributed by atoms with E-state index in [1.165, 1.54) is 10.5 Å². The maximum absolute atomic E-state index is 13.5. The van der Waals surface area contributed by atoms with Crippen LogP contribution in [-0.4, -0.2) is 80.6 Å². The maximum Gasteiger partial charge on any atom is 0.263 e. The summed E-state index contributed by atoms with van der Waals surface area (Å²) in [6.07, 6.45) is 3.95. The van der Waals surface area contributed by atoms with Gasteiger partial charge in [0, 0.05) is 38.7 Å². The van der Waals surface area contributed by atoms with Crippen molar-refractivity contribution in [1.29, 1.82) is 0 Å². The van der Waals surface area contributed by atoms with Gasteiger partial charge in [-0.05, 0) is 67.5 Å². The Hall–Kier alpha value is -3.59. The highest BCUT2D eigenvalue weighted by atomic mass is 16.5. The van der Waals surface area contributed by atoms with Crippen molar-refractivity contribution in [3.8, 4) is 11.5 Å². The second-order valence-electron chi connectivity index (χ2n) is 10.8. The molecule has 4 heterocycles. The second-order valence-corrected chi connectivity index (χ2v) is 10.8. The minimum absolute atomic E-state index is 0.0620. The molecule has 3 amide bonds. The highest BCUT2D eigenvalue weighted by Crippen LogP contribution is 2.36. The number of fused-ring (bicyclic) bond motifs is 2. The fourth-order valence-corrected chi connectivity index (χ4v) is 6.43. The molecule has 2 fully saturated rings. The number of ether oxygens (including phenoxy) is 3. The van der Waals surface area contributed by atoms with Crippen molar-refractivity contribution in [3.05, 3.63) is 52.6 Å². The van der Waals surface area contributed by atoms with Crippen LogP contribution < -0.4 is 14.4 Å². The van der Waals surface area contributed by atoms with Crippen molar-refractivity contribution in [2.24, 2.45) is 5.92 Å². The molecule has 0 saturated carbocycles. The first-order valence-electron chi connectivity index (χ1n) is 13.9. The van der Waals surface area contributed by atoms with Gasteiger partial charge in [-0.15, -0.1) is 0 Å². The van der Waals surface area contributed by atoms with Gasteiger partial charge in [-0.3, -0.25) is 19.3 Å². The Bertz CT molecular complexity index is 1300. The van der Waals surface area contributed by atoms with E-state index in [0.29, 0.717) is 74.8 Å². The number of nitrogens with zero attached hydrogens (tertiary/aromatic N) is 3. The van der Waals surface area contributed by atoms with E-state index in [-0.39, 0.29) is 29.7 Å². The molecular formula is C30H35N3O6. The Morgan fingerprint density at radius 3 is 2.41 bits per heavy atom. The number of carbonyl (C=O) groups excluding carboxylic acids is 3. The van der Waals surface area contributed by atoms with Gasteiger partial charge in [0.05, 0.1) is 43.7 Å². The van der Waals surface area contributed by atoms with Crippen LogP contribution in [0.1, 0.15) is 57.5 Å². The SMILES string of the molecule is COc1cc2c(cc1OC)CN(C(=O)C1CCN(c3cccc4c3C(=O)N(C[C@@H]3CCCO3)C4=O)CC1)CC2. The molecule has 4 aliphatic heterocycles. The third-order valence-electron chi connectivity index (χ3n) is 8.60. The summed E-state index contributed by atoms with van der Waals surface area (Å²) in [5.41, 5.74) is 4.03. The van der Waals surface area contributed by atoms with Crippen LogP contribution in [0.5, 0.6) is 11.5 Å². The molecule has 2 aromatic carbocycles. The lowest BCUT2D eigenvalue weighted by molar-refractivity contribution is -0.137. The molecule has 0 spiro atoms. The van der Waals surface area contributed by atoms with E-state index in [9.17, 15) is 14.4 Å². The third-order valence-corrected chi connectivity index (χ3v) is 8.60. The number of amides is 3. The highest BCUT2D eigenvalue weighted by molar-refractivity contribution is 6.23. The molecule has 9 nitrogen and oxygen atoms in total. The third kappa shape index (κ3) is 4.62. The summed E-state index contributed by atoms with van der Waals surface area (Å²) in [6.45, 7) is 3.56. The van der Waals surface area contributed by atoms with Crippen molar-refractivity contribution in [2.45, 2.75) is 44.8 Å². The van der Waals surface area contributed by atoms with Gasteiger partial charge in [0.15, 0.2) is 11.5 Å². The fraction of sp³-hybridized carbons (Fsp3) is 0.500. The zero-order chi connectivity index (χ0) is 27.1. The van der Waals surface area contributed by atoms with E-state index in [2.05, 4.69) is 4.90 Å². The molecule has 0 aromatic heterocycles. The van der Waals surface area contributed by atoms with Crippen molar-refractivity contribution in [2.75, 3.05) is 51.9 Å². The molecule has 0 N–H and O–H groups in total. The Morgan fingerprint density at radius 1 is 0.974 bits per heavy atom. The van der Waals surface area contributed by atoms with Gasteiger partial charge >= 0.3 is 0 Å². The van der Waals surface area contributed by atoms with Crippen LogP contribution in [0.3, 0.4) is 0 Å². The minimum atomic E-state index is -0.239. The lowest BCUT2D eigenvalue weighted by atomic mass is 9.92. The second kappa shape index (κ2) is 10.5. The van der Waals surface area contributed by atoms with Crippen molar-refractivity contribution < 1.29 is 28.6 Å². The molecule has 4 aliphatic rings. The van der Waals surface area contributed by atoms with Gasteiger partial charge in [-0.25, -0.2) is 0 Å². The minimum Gasteiger partial charge on any atom is -0.493 e. The average molecular weight is 534 g/mol. The number of hydrogen-bond acceptors (Lipinski definition) is 7. The molecule has 2 aromatic rings. The first-order chi connectivity index (χ1) is 19.0. The summed E-state index contributed by atoms with van der Waals surface area (Å²) in [7, 11) is 3.26. The summed E-state index contributed by atoms with van der Waals surface area (Å²) < 4.78 is 16.6. The molecule has 2 saturated heterocycles. The number of imide groups is 1. The highest BCUT2D eigenvalue weighted by Gasteiger charge is 2.41. The number of carbonyl (C=O) groups is 3. The zero-order valence-corrected chi connectivity index (χ0v) is 22.6. The fourth-order valence-electron chi connectivity index (χ4n) is 6.43. The predicted molar refractivity (Wildman–Crippen MR) is 144 cm³/mol. The van der Waals surface area contributed by atoms with E-state index in [1.54, 1.807) is 20.3 Å². The number of piperidine rings is 1. The smallest absolute Gasteiger partial charge is 0.263 e. The Balaban J connectivity index is 1.12. The van der Waals surface area contributed by atoms with Gasteiger partial charge in [0.1, 0.15) is 0 Å². The van der Waals surface area contributed by atoms with Crippen LogP contribution in [0.25, 0.3) is 0 Å². The standard InChI is InChI=1S/C30H35N3O6/c1-37-25-15-20-10-13-32(17-21(20)16-26(25)38-2)28(34)19-8-11-31(12-9-19)24-7-3-6-23-27(24)30(36)33(29(23)35)18-22-5-4-14-39-22/h3,6-7,15-16,19,22H,4-5,8-14,17-18H2,1-2H3/t22-/m0/s1. The van der Waals surface area contributed by atoms with Crippen molar-refractivity contribution in [1.82, 2.24) is 9.80 Å². The van der Waals surface area contributed by atoms with Crippen molar-refractivity contribution >= 4 is 23.4 Å². The molecule has 206 valence electrons. The molecule has 1 atom stereocenters. The number of methoxy groups -OCH3 is 2. The van der Waals surface area contributed by atoms with Gasteiger partial charge in [0.25, 0.3) is 11.8 Å². The van der Waals surface area contributed by atoms with Crippen LogP contribution in [-0.2, 0) is 22.5 Å². The van der Waals surface area contributed by atoms with Crippen LogP contribution in [0, 0.1) is 5.92 Å². The van der Waals surface area contributed by atoms with Crippen LogP contribution >= 0.6 is 0 Å². The lowest BCUT2D eigenvalue weighted by Gasteiger charge is -2.37. The van der Waals surface area contributed by atoms with E-state index in [0.717, 1.165) is 30.5 Å². The quantitative estimate of drug-likeness (QED) is 0.527. The normalized spacial score (nSPS) is 21.3.